The molecule has 0 spiro atoms. The number of carbonyl (C=O) groups is 2. The van der Waals surface area contributed by atoms with Crippen LogP contribution in [0.1, 0.15) is 38.4 Å². The third-order valence-corrected chi connectivity index (χ3v) is 5.12. The van der Waals surface area contributed by atoms with E-state index in [1.165, 1.54) is 12.3 Å². The number of carbonyl (C=O) groups excluding carboxylic acids is 2. The van der Waals surface area contributed by atoms with Crippen LogP contribution in [-0.4, -0.2) is 34.3 Å². The van der Waals surface area contributed by atoms with Gasteiger partial charge in [0.1, 0.15) is 0 Å². The van der Waals surface area contributed by atoms with Crippen LogP contribution in [0.25, 0.3) is 23.4 Å². The summed E-state index contributed by atoms with van der Waals surface area (Å²) in [5.41, 5.74) is 4.72. The quantitative estimate of drug-likeness (QED) is 0.642. The zero-order valence-corrected chi connectivity index (χ0v) is 17.9. The van der Waals surface area contributed by atoms with Crippen molar-refractivity contribution in [2.24, 2.45) is 0 Å². The van der Waals surface area contributed by atoms with E-state index in [2.05, 4.69) is 21.2 Å². The highest BCUT2D eigenvalue weighted by atomic mass is 19.4. The molecule has 0 atom stereocenters. The number of alkyl halides is 3. The van der Waals surface area contributed by atoms with Gasteiger partial charge in [0.25, 0.3) is 5.91 Å². The summed E-state index contributed by atoms with van der Waals surface area (Å²) < 4.78 is 39.4. The fourth-order valence-corrected chi connectivity index (χ4v) is 3.78. The van der Waals surface area contributed by atoms with E-state index in [-0.39, 0.29) is 29.9 Å². The molecule has 170 valence electrons. The Morgan fingerprint density at radius 2 is 1.85 bits per heavy atom. The van der Waals surface area contributed by atoms with Crippen LogP contribution >= 0.6 is 0 Å². The summed E-state index contributed by atoms with van der Waals surface area (Å²) in [5.74, 6) is -2.81. The monoisotopic (exact) mass is 455 g/mol. The number of aryl methyl sites for hydroxylation is 2. The summed E-state index contributed by atoms with van der Waals surface area (Å²) in [4.78, 5) is 32.8. The lowest BCUT2D eigenvalue weighted by Crippen LogP contribution is -2.37. The Morgan fingerprint density at radius 3 is 2.55 bits per heavy atom. The van der Waals surface area contributed by atoms with E-state index in [1.807, 2.05) is 32.1 Å². The van der Waals surface area contributed by atoms with Gasteiger partial charge in [-0.05, 0) is 43.7 Å². The van der Waals surface area contributed by atoms with Gasteiger partial charge in [-0.1, -0.05) is 35.4 Å². The lowest BCUT2D eigenvalue weighted by molar-refractivity contribution is -0.199. The van der Waals surface area contributed by atoms with Gasteiger partial charge in [-0.2, -0.15) is 17.9 Å². The second kappa shape index (κ2) is 8.57. The second-order valence-electron chi connectivity index (χ2n) is 7.79. The lowest BCUT2D eigenvalue weighted by Gasteiger charge is -2.17. The molecule has 1 amide bonds. The topological polar surface area (TPSA) is 73.2 Å². The average molecular weight is 455 g/mol. The van der Waals surface area contributed by atoms with Crippen LogP contribution in [0.5, 0.6) is 0 Å². The molecule has 4 rings (SSSR count). The van der Waals surface area contributed by atoms with E-state index in [0.29, 0.717) is 11.3 Å². The maximum Gasteiger partial charge on any atom is 0.493 e. The minimum atomic E-state index is -5.18. The van der Waals surface area contributed by atoms with E-state index in [9.17, 15) is 22.8 Å². The van der Waals surface area contributed by atoms with Crippen LogP contribution in [0.2, 0.25) is 0 Å². The Morgan fingerprint density at radius 1 is 1.12 bits per heavy atom. The van der Waals surface area contributed by atoms with Crippen molar-refractivity contribution in [3.63, 3.8) is 0 Å². The van der Waals surface area contributed by atoms with Crippen LogP contribution in [0.3, 0.4) is 0 Å². The normalized spacial score (nSPS) is 13.7. The fourth-order valence-electron chi connectivity index (χ4n) is 3.78. The SMILES string of the molecule is Cc1cc(C)cc(C=Cc2cc(-c3cc4c(n3OC(=O)C(F)(F)F)CCNC4=O)ccn2)c1. The van der Waals surface area contributed by atoms with Crippen LogP contribution in [-0.2, 0) is 11.2 Å². The van der Waals surface area contributed by atoms with Crippen LogP contribution in [0.15, 0.2) is 42.6 Å². The molecule has 0 fully saturated rings. The zero-order valence-electron chi connectivity index (χ0n) is 17.9. The number of amides is 1. The summed E-state index contributed by atoms with van der Waals surface area (Å²) in [6.07, 6.45) is 0.200. The number of hydrogen-bond acceptors (Lipinski definition) is 4. The molecule has 3 heterocycles. The highest BCUT2D eigenvalue weighted by Gasteiger charge is 2.43. The number of fused-ring (bicyclic) bond motifs is 1. The minimum Gasteiger partial charge on any atom is -0.352 e. The van der Waals surface area contributed by atoms with Crippen LogP contribution in [0.4, 0.5) is 13.2 Å². The Labute approximate surface area is 187 Å². The van der Waals surface area contributed by atoms with E-state index in [1.54, 1.807) is 18.2 Å². The molecule has 2 aromatic heterocycles. The molecule has 0 saturated heterocycles. The third kappa shape index (κ3) is 4.82. The number of aromatic nitrogens is 2. The molecule has 0 unspecified atom stereocenters. The van der Waals surface area contributed by atoms with Gasteiger partial charge in [-0.15, -0.1) is 0 Å². The molecule has 1 aromatic carbocycles. The first-order valence-corrected chi connectivity index (χ1v) is 10.2. The van der Waals surface area contributed by atoms with Gasteiger partial charge < -0.3 is 10.2 Å². The first-order chi connectivity index (χ1) is 15.6. The standard InChI is InChI=1S/C24H20F3N3O3/c1-14-9-15(2)11-16(10-14)3-4-18-12-17(5-7-28-18)21-13-19-20(6-8-29-22(19)31)30(21)33-23(32)24(25,26)27/h3-5,7,9-13H,6,8H2,1-2H3,(H,29,31). The molecule has 1 N–H and O–H groups in total. The molecule has 1 aliphatic heterocycles. The highest BCUT2D eigenvalue weighted by molar-refractivity contribution is 5.98. The largest absolute Gasteiger partial charge is 0.493 e. The van der Waals surface area contributed by atoms with Crippen molar-refractivity contribution >= 4 is 24.0 Å². The Hall–Kier alpha value is -3.88. The first-order valence-electron chi connectivity index (χ1n) is 10.2. The summed E-state index contributed by atoms with van der Waals surface area (Å²) in [6.45, 7) is 4.22. The lowest BCUT2D eigenvalue weighted by atomic mass is 10.1. The maximum absolute atomic E-state index is 12.9. The molecule has 0 bridgehead atoms. The van der Waals surface area contributed by atoms with Crippen molar-refractivity contribution in [1.82, 2.24) is 15.0 Å². The molecular weight excluding hydrogens is 435 g/mol. The molecule has 33 heavy (non-hydrogen) atoms. The van der Waals surface area contributed by atoms with Gasteiger partial charge in [0, 0.05) is 24.7 Å². The predicted octanol–water partition coefficient (Wildman–Crippen LogP) is 4.14. The van der Waals surface area contributed by atoms with Gasteiger partial charge >= 0.3 is 12.1 Å². The van der Waals surface area contributed by atoms with E-state index in [0.717, 1.165) is 21.4 Å². The Balaban J connectivity index is 1.73. The maximum atomic E-state index is 12.9. The second-order valence-corrected chi connectivity index (χ2v) is 7.79. The number of hydrogen-bond donors (Lipinski definition) is 1. The molecule has 9 heteroatoms. The number of benzene rings is 1. The van der Waals surface area contributed by atoms with E-state index in [4.69, 9.17) is 0 Å². The number of nitrogens with zero attached hydrogens (tertiary/aromatic N) is 2. The number of nitrogens with one attached hydrogen (secondary N) is 1. The predicted molar refractivity (Wildman–Crippen MR) is 116 cm³/mol. The number of pyridine rings is 1. The van der Waals surface area contributed by atoms with Gasteiger partial charge in [0.2, 0.25) is 0 Å². The molecular formula is C24H20F3N3O3. The molecule has 0 aliphatic carbocycles. The zero-order chi connectivity index (χ0) is 23.8. The average Bonchev–Trinajstić information content (AvgIpc) is 3.11. The van der Waals surface area contributed by atoms with Gasteiger partial charge in [0.15, 0.2) is 0 Å². The van der Waals surface area contributed by atoms with E-state index >= 15 is 0 Å². The van der Waals surface area contributed by atoms with Gasteiger partial charge in [-0.25, -0.2) is 4.79 Å². The Kier molecular flexibility index (Phi) is 5.80. The molecule has 0 saturated carbocycles. The van der Waals surface area contributed by atoms with Crippen molar-refractivity contribution in [2.45, 2.75) is 26.4 Å². The van der Waals surface area contributed by atoms with Crippen molar-refractivity contribution in [3.05, 3.63) is 76.2 Å². The molecule has 6 nitrogen and oxygen atoms in total. The van der Waals surface area contributed by atoms with Gasteiger partial charge in [0.05, 0.1) is 22.6 Å². The van der Waals surface area contributed by atoms with Crippen LogP contribution < -0.4 is 10.2 Å². The van der Waals surface area contributed by atoms with Crippen molar-refractivity contribution < 1.29 is 27.6 Å². The Bertz CT molecular complexity index is 1260. The van der Waals surface area contributed by atoms with E-state index < -0.39 is 18.1 Å². The highest BCUT2D eigenvalue weighted by Crippen LogP contribution is 2.29. The summed E-state index contributed by atoms with van der Waals surface area (Å²) in [7, 11) is 0. The minimum absolute atomic E-state index is 0.151. The number of halogens is 3. The van der Waals surface area contributed by atoms with Crippen molar-refractivity contribution in [1.29, 1.82) is 0 Å². The first kappa shape index (κ1) is 22.3. The van der Waals surface area contributed by atoms with Crippen LogP contribution in [0, 0.1) is 13.8 Å². The summed E-state index contributed by atoms with van der Waals surface area (Å²) in [5, 5.41) is 2.63. The summed E-state index contributed by atoms with van der Waals surface area (Å²) >= 11 is 0. The fraction of sp³-hybridized carbons (Fsp3) is 0.208. The molecule has 3 aromatic rings. The smallest absolute Gasteiger partial charge is 0.352 e. The summed E-state index contributed by atoms with van der Waals surface area (Å²) in [6, 6.07) is 10.7. The molecule has 1 aliphatic rings. The third-order valence-electron chi connectivity index (χ3n) is 5.12. The number of rotatable bonds is 4. The van der Waals surface area contributed by atoms with Crippen molar-refractivity contribution in [2.75, 3.05) is 6.54 Å². The molecule has 0 radical (unpaired) electrons. The van der Waals surface area contributed by atoms with Crippen molar-refractivity contribution in [3.8, 4) is 11.3 Å². The van der Waals surface area contributed by atoms with Gasteiger partial charge in [-0.3, -0.25) is 9.78 Å².